The number of rotatable bonds is 2. The largest absolute Gasteiger partial charge is 0.347 e. The van der Waals surface area contributed by atoms with E-state index in [9.17, 15) is 19.3 Å². The first kappa shape index (κ1) is 21.8. The predicted octanol–water partition coefficient (Wildman–Crippen LogP) is 7.75. The quantitative estimate of drug-likeness (QED) is 0.256. The van der Waals surface area contributed by atoms with Crippen LogP contribution in [0.4, 0.5) is 37.2 Å². The average molecular weight is 492 g/mol. The van der Waals surface area contributed by atoms with Crippen LogP contribution in [-0.2, 0) is 0 Å². The number of nitrogens with one attached hydrogen (secondary N) is 1. The summed E-state index contributed by atoms with van der Waals surface area (Å²) in [4.78, 5) is 7.66. The summed E-state index contributed by atoms with van der Waals surface area (Å²) >= 11 is 1.57. The fraction of sp³-hybridized carbons (Fsp3) is 0.0357. The summed E-state index contributed by atoms with van der Waals surface area (Å²) in [5.74, 6) is -1.25. The average Bonchev–Trinajstić information content (AvgIpc) is 2.92. The van der Waals surface area contributed by atoms with Gasteiger partial charge in [0.25, 0.3) is 0 Å². The molecule has 0 amide bonds. The molecule has 0 saturated carbocycles. The van der Waals surface area contributed by atoms with Crippen LogP contribution < -0.4 is 10.2 Å². The van der Waals surface area contributed by atoms with E-state index in [0.717, 1.165) is 21.2 Å². The maximum atomic E-state index is 14.7. The van der Waals surface area contributed by atoms with Crippen molar-refractivity contribution in [2.45, 2.75) is 16.1 Å². The van der Waals surface area contributed by atoms with Crippen molar-refractivity contribution < 1.29 is 8.78 Å². The Kier molecular flexibility index (Phi) is 5.18. The third-order valence-corrected chi connectivity index (χ3v) is 7.22. The topological polar surface area (TPSA) is 75.2 Å². The summed E-state index contributed by atoms with van der Waals surface area (Å²) < 4.78 is 29.3. The highest BCUT2D eigenvalue weighted by Crippen LogP contribution is 2.58. The standard InChI is InChI=1S/C28H15F2N5S/c29-27-28(30)34-25-24(33-27)23(16-8-2-1-3-9-16)17(14-31)18(15-32)26(25)35-19-10-4-6-12-21(19)36-22-13-7-5-11-20(22)35/h1-13,27,33H. The minimum Gasteiger partial charge on any atom is -0.347 e. The van der Waals surface area contributed by atoms with Crippen LogP contribution in [0.5, 0.6) is 0 Å². The van der Waals surface area contributed by atoms with Gasteiger partial charge >= 0.3 is 0 Å². The lowest BCUT2D eigenvalue weighted by molar-refractivity contribution is 0.435. The summed E-state index contributed by atoms with van der Waals surface area (Å²) in [5.41, 5.74) is 2.91. The van der Waals surface area contributed by atoms with E-state index in [1.807, 2.05) is 59.5 Å². The molecule has 4 aromatic carbocycles. The van der Waals surface area contributed by atoms with Crippen LogP contribution >= 0.6 is 11.8 Å². The molecule has 1 N–H and O–H groups in total. The molecule has 4 aromatic rings. The number of hydrogen-bond donors (Lipinski definition) is 1. The molecule has 0 aromatic heterocycles. The Bertz CT molecular complexity index is 1610. The molecular weight excluding hydrogens is 476 g/mol. The molecule has 0 radical (unpaired) electrons. The van der Waals surface area contributed by atoms with Crippen LogP contribution in [-0.4, -0.2) is 12.3 Å². The van der Waals surface area contributed by atoms with E-state index < -0.39 is 12.3 Å². The zero-order valence-corrected chi connectivity index (χ0v) is 19.4. The lowest BCUT2D eigenvalue weighted by Gasteiger charge is -2.36. The SMILES string of the molecule is N#Cc1c(C#N)c(N2c3ccccc3Sc3ccccc32)c2c(c1-c1ccccc1)NC(F)C(F)=N2. The van der Waals surface area contributed by atoms with E-state index in [1.165, 1.54) is 0 Å². The third-order valence-electron chi connectivity index (χ3n) is 6.09. The highest BCUT2D eigenvalue weighted by atomic mass is 32.2. The Morgan fingerprint density at radius 2 is 1.42 bits per heavy atom. The van der Waals surface area contributed by atoms with Gasteiger partial charge in [-0.15, -0.1) is 0 Å². The van der Waals surface area contributed by atoms with Gasteiger partial charge in [0.15, 0.2) is 0 Å². The molecule has 1 unspecified atom stereocenters. The number of hydrogen-bond acceptors (Lipinski definition) is 6. The highest BCUT2D eigenvalue weighted by Gasteiger charge is 2.36. The van der Waals surface area contributed by atoms with Crippen LogP contribution in [0, 0.1) is 22.7 Å². The van der Waals surface area contributed by atoms with Crippen molar-refractivity contribution in [1.29, 1.82) is 10.5 Å². The van der Waals surface area contributed by atoms with Crippen LogP contribution in [0.15, 0.2) is 93.6 Å². The Morgan fingerprint density at radius 3 is 2.03 bits per heavy atom. The lowest BCUT2D eigenvalue weighted by atomic mass is 9.90. The van der Waals surface area contributed by atoms with Crippen molar-refractivity contribution in [3.05, 3.63) is 90.0 Å². The molecule has 2 aliphatic rings. The zero-order valence-electron chi connectivity index (χ0n) is 18.5. The van der Waals surface area contributed by atoms with Gasteiger partial charge in [0, 0.05) is 15.4 Å². The number of aliphatic imine (C=N–C) groups is 1. The molecule has 172 valence electrons. The molecule has 0 spiro atoms. The molecular formula is C28H15F2N5S. The maximum Gasteiger partial charge on any atom is 0.245 e. The number of para-hydroxylation sites is 2. The molecule has 6 rings (SSSR count). The predicted molar refractivity (Wildman–Crippen MR) is 137 cm³/mol. The Balaban J connectivity index is 1.78. The molecule has 1 atom stereocenters. The van der Waals surface area contributed by atoms with Gasteiger partial charge in [-0.25, -0.2) is 9.38 Å². The number of nitrogens with zero attached hydrogens (tertiary/aromatic N) is 4. The Labute approximate surface area is 209 Å². The van der Waals surface area contributed by atoms with Crippen LogP contribution in [0.2, 0.25) is 0 Å². The number of anilines is 4. The fourth-order valence-corrected chi connectivity index (χ4v) is 5.66. The zero-order chi connectivity index (χ0) is 24.8. The summed E-state index contributed by atoms with van der Waals surface area (Å²) in [5, 5.41) is 23.2. The third kappa shape index (κ3) is 3.24. The van der Waals surface area contributed by atoms with Gasteiger partial charge in [0.2, 0.25) is 12.3 Å². The Hall–Kier alpha value is -4.66. The van der Waals surface area contributed by atoms with Gasteiger partial charge in [-0.1, -0.05) is 66.4 Å². The van der Waals surface area contributed by atoms with Gasteiger partial charge in [0.1, 0.15) is 17.8 Å². The lowest BCUT2D eigenvalue weighted by Crippen LogP contribution is -2.26. The number of alkyl halides is 1. The maximum absolute atomic E-state index is 14.7. The first-order chi connectivity index (χ1) is 17.6. The molecule has 0 fully saturated rings. The normalized spacial score (nSPS) is 15.4. The molecule has 0 saturated heterocycles. The van der Waals surface area contributed by atoms with E-state index in [4.69, 9.17) is 0 Å². The number of halogens is 2. The van der Waals surface area contributed by atoms with E-state index in [2.05, 4.69) is 22.4 Å². The van der Waals surface area contributed by atoms with Crippen molar-refractivity contribution >= 4 is 46.2 Å². The van der Waals surface area contributed by atoms with Crippen LogP contribution in [0.3, 0.4) is 0 Å². The molecule has 0 bridgehead atoms. The summed E-state index contributed by atoms with van der Waals surface area (Å²) in [6.07, 6.45) is -2.18. The number of benzene rings is 4. The van der Waals surface area contributed by atoms with E-state index in [-0.39, 0.29) is 28.2 Å². The minimum absolute atomic E-state index is 0.0299. The monoisotopic (exact) mass is 491 g/mol. The number of fused-ring (bicyclic) bond motifs is 3. The van der Waals surface area contributed by atoms with Gasteiger partial charge < -0.3 is 10.2 Å². The van der Waals surface area contributed by atoms with Crippen molar-refractivity contribution in [3.63, 3.8) is 0 Å². The fourth-order valence-electron chi connectivity index (χ4n) is 4.60. The molecule has 0 aliphatic carbocycles. The first-order valence-corrected chi connectivity index (χ1v) is 11.8. The molecule has 2 heterocycles. The smallest absolute Gasteiger partial charge is 0.245 e. The van der Waals surface area contributed by atoms with Gasteiger partial charge in [-0.2, -0.15) is 14.9 Å². The minimum atomic E-state index is -2.18. The van der Waals surface area contributed by atoms with Crippen molar-refractivity contribution in [2.24, 2.45) is 4.99 Å². The van der Waals surface area contributed by atoms with Crippen molar-refractivity contribution in [2.75, 3.05) is 10.2 Å². The second kappa shape index (κ2) is 8.53. The van der Waals surface area contributed by atoms with Crippen LogP contribution in [0.25, 0.3) is 11.1 Å². The van der Waals surface area contributed by atoms with Gasteiger partial charge in [-0.3, -0.25) is 0 Å². The summed E-state index contributed by atoms with van der Waals surface area (Å²) in [6.45, 7) is 0. The van der Waals surface area contributed by atoms with E-state index in [1.54, 1.807) is 36.0 Å². The molecule has 5 nitrogen and oxygen atoms in total. The number of nitriles is 2. The highest BCUT2D eigenvalue weighted by molar-refractivity contribution is 7.99. The van der Waals surface area contributed by atoms with Gasteiger partial charge in [0.05, 0.1) is 33.9 Å². The van der Waals surface area contributed by atoms with E-state index >= 15 is 0 Å². The Morgan fingerprint density at radius 1 is 0.833 bits per heavy atom. The van der Waals surface area contributed by atoms with Crippen LogP contribution in [0.1, 0.15) is 11.1 Å². The summed E-state index contributed by atoms with van der Waals surface area (Å²) in [7, 11) is 0. The van der Waals surface area contributed by atoms with Gasteiger partial charge in [-0.05, 0) is 29.8 Å². The second-order valence-corrected chi connectivity index (χ2v) is 9.18. The summed E-state index contributed by atoms with van der Waals surface area (Å²) in [6, 6.07) is 28.4. The first-order valence-electron chi connectivity index (χ1n) is 11.0. The van der Waals surface area contributed by atoms with Crippen molar-refractivity contribution in [1.82, 2.24) is 0 Å². The molecule has 2 aliphatic heterocycles. The van der Waals surface area contributed by atoms with Crippen molar-refractivity contribution in [3.8, 4) is 23.3 Å². The van der Waals surface area contributed by atoms with E-state index in [0.29, 0.717) is 11.1 Å². The molecule has 36 heavy (non-hydrogen) atoms. The molecule has 8 heteroatoms. The second-order valence-electron chi connectivity index (χ2n) is 8.10.